The summed E-state index contributed by atoms with van der Waals surface area (Å²) in [6.45, 7) is 2.44. The number of aromatic nitrogens is 1. The van der Waals surface area contributed by atoms with E-state index in [9.17, 15) is 19.7 Å². The predicted molar refractivity (Wildman–Crippen MR) is 87.4 cm³/mol. The van der Waals surface area contributed by atoms with Gasteiger partial charge in [0, 0.05) is 37.7 Å². The molecule has 1 aromatic carbocycles. The Labute approximate surface area is 137 Å². The number of hydrogen-bond acceptors (Lipinski definition) is 5. The number of anilines is 1. The Morgan fingerprint density at radius 1 is 1.38 bits per heavy atom. The van der Waals surface area contributed by atoms with Crippen LogP contribution in [0.3, 0.4) is 0 Å². The lowest BCUT2D eigenvalue weighted by atomic mass is 10.1. The first-order valence-corrected chi connectivity index (χ1v) is 7.56. The van der Waals surface area contributed by atoms with Crippen LogP contribution in [0, 0.1) is 16.0 Å². The second-order valence-electron chi connectivity index (χ2n) is 5.73. The summed E-state index contributed by atoms with van der Waals surface area (Å²) in [6.07, 6.45) is 2.08. The molecule has 2 aromatic rings. The van der Waals surface area contributed by atoms with Crippen LogP contribution in [0.15, 0.2) is 30.5 Å². The van der Waals surface area contributed by atoms with Gasteiger partial charge in [0.25, 0.3) is 5.69 Å². The van der Waals surface area contributed by atoms with E-state index in [4.69, 9.17) is 0 Å². The number of likely N-dealkylation sites (tertiary alicyclic amines) is 1. The Kier molecular flexibility index (Phi) is 4.11. The maximum absolute atomic E-state index is 12.4. The molecule has 1 aliphatic heterocycles. The van der Waals surface area contributed by atoms with Gasteiger partial charge in [0.2, 0.25) is 11.8 Å². The number of benzene rings is 1. The van der Waals surface area contributed by atoms with Crippen molar-refractivity contribution in [3.63, 3.8) is 0 Å². The highest BCUT2D eigenvalue weighted by Crippen LogP contribution is 2.30. The van der Waals surface area contributed by atoms with Gasteiger partial charge in [-0.25, -0.2) is 4.98 Å². The molecule has 124 valence electrons. The molecule has 0 unspecified atom stereocenters. The molecule has 8 heteroatoms. The highest BCUT2D eigenvalue weighted by atomic mass is 16.6. The SMILES string of the molecule is CC(=O)N1CC[C@@H](C(=O)Nc2ccc([N+](=O)[O-])c3ncccc23)C1. The quantitative estimate of drug-likeness (QED) is 0.685. The highest BCUT2D eigenvalue weighted by Gasteiger charge is 2.30. The number of nitro groups is 1. The first-order valence-electron chi connectivity index (χ1n) is 7.56. The molecular weight excluding hydrogens is 312 g/mol. The maximum Gasteiger partial charge on any atom is 0.295 e. The van der Waals surface area contributed by atoms with Crippen LogP contribution in [0.25, 0.3) is 10.9 Å². The van der Waals surface area contributed by atoms with Crippen LogP contribution in [0.1, 0.15) is 13.3 Å². The standard InChI is InChI=1S/C16H16N4O4/c1-10(21)19-8-6-11(9-19)16(22)18-13-4-5-14(20(23)24)15-12(13)3-2-7-17-15/h2-5,7,11H,6,8-9H2,1H3,(H,18,22)/t11-/m1/s1. The first kappa shape index (κ1) is 15.9. The number of rotatable bonds is 3. The topological polar surface area (TPSA) is 105 Å². The number of non-ortho nitro benzene ring substituents is 1. The van der Waals surface area contributed by atoms with Gasteiger partial charge in [-0.3, -0.25) is 19.7 Å². The number of nitro benzene ring substituents is 1. The average Bonchev–Trinajstić information content (AvgIpc) is 3.05. The zero-order valence-electron chi connectivity index (χ0n) is 13.1. The first-order chi connectivity index (χ1) is 11.5. The van der Waals surface area contributed by atoms with Crippen LogP contribution in [-0.2, 0) is 9.59 Å². The summed E-state index contributed by atoms with van der Waals surface area (Å²) in [4.78, 5) is 40.1. The normalized spacial score (nSPS) is 17.0. The van der Waals surface area contributed by atoms with Gasteiger partial charge in [0.1, 0.15) is 5.52 Å². The molecule has 0 saturated carbocycles. The van der Waals surface area contributed by atoms with Crippen molar-refractivity contribution in [2.75, 3.05) is 18.4 Å². The van der Waals surface area contributed by atoms with E-state index < -0.39 is 4.92 Å². The molecule has 2 heterocycles. The molecule has 1 saturated heterocycles. The van der Waals surface area contributed by atoms with E-state index in [-0.39, 0.29) is 28.9 Å². The van der Waals surface area contributed by atoms with Crippen LogP contribution < -0.4 is 5.32 Å². The van der Waals surface area contributed by atoms with Crippen molar-refractivity contribution in [3.8, 4) is 0 Å². The Balaban J connectivity index is 1.86. The average molecular weight is 328 g/mol. The van der Waals surface area contributed by atoms with Crippen LogP contribution in [0.2, 0.25) is 0 Å². The lowest BCUT2D eigenvalue weighted by Gasteiger charge is -2.14. The number of nitrogens with zero attached hydrogens (tertiary/aromatic N) is 3. The summed E-state index contributed by atoms with van der Waals surface area (Å²) in [5.74, 6) is -0.524. The van der Waals surface area contributed by atoms with Crippen molar-refractivity contribution in [2.45, 2.75) is 13.3 Å². The minimum atomic E-state index is -0.497. The molecule has 1 atom stereocenters. The van der Waals surface area contributed by atoms with E-state index in [1.54, 1.807) is 17.0 Å². The molecule has 1 N–H and O–H groups in total. The second-order valence-corrected chi connectivity index (χ2v) is 5.73. The monoisotopic (exact) mass is 328 g/mol. The van der Waals surface area contributed by atoms with Crippen molar-refractivity contribution >= 4 is 34.1 Å². The van der Waals surface area contributed by atoms with Crippen molar-refractivity contribution in [1.82, 2.24) is 9.88 Å². The zero-order valence-corrected chi connectivity index (χ0v) is 13.1. The summed E-state index contributed by atoms with van der Waals surface area (Å²) in [5, 5.41) is 14.4. The van der Waals surface area contributed by atoms with Crippen LogP contribution in [0.4, 0.5) is 11.4 Å². The number of fused-ring (bicyclic) bond motifs is 1. The predicted octanol–water partition coefficient (Wildman–Crippen LogP) is 1.95. The molecule has 1 aromatic heterocycles. The van der Waals surface area contributed by atoms with E-state index in [0.717, 1.165) is 0 Å². The van der Waals surface area contributed by atoms with Gasteiger partial charge in [-0.1, -0.05) is 0 Å². The highest BCUT2D eigenvalue weighted by molar-refractivity contribution is 6.04. The molecule has 2 amide bonds. The summed E-state index contributed by atoms with van der Waals surface area (Å²) >= 11 is 0. The Morgan fingerprint density at radius 2 is 2.17 bits per heavy atom. The second kappa shape index (κ2) is 6.23. The lowest BCUT2D eigenvalue weighted by Crippen LogP contribution is -2.29. The maximum atomic E-state index is 12.4. The molecule has 0 spiro atoms. The number of nitrogens with one attached hydrogen (secondary N) is 1. The van der Waals surface area contributed by atoms with Gasteiger partial charge in [-0.15, -0.1) is 0 Å². The van der Waals surface area contributed by atoms with E-state index >= 15 is 0 Å². The van der Waals surface area contributed by atoms with Crippen LogP contribution >= 0.6 is 0 Å². The minimum absolute atomic E-state index is 0.0460. The molecule has 3 rings (SSSR count). The lowest BCUT2D eigenvalue weighted by molar-refractivity contribution is -0.383. The fraction of sp³-hybridized carbons (Fsp3) is 0.312. The summed E-state index contributed by atoms with van der Waals surface area (Å²) < 4.78 is 0. The number of hydrogen-bond donors (Lipinski definition) is 1. The molecule has 0 aliphatic carbocycles. The third-order valence-electron chi connectivity index (χ3n) is 4.21. The number of pyridine rings is 1. The zero-order chi connectivity index (χ0) is 17.3. The van der Waals surface area contributed by atoms with Crippen LogP contribution in [-0.4, -0.2) is 39.7 Å². The largest absolute Gasteiger partial charge is 0.342 e. The van der Waals surface area contributed by atoms with E-state index in [1.165, 1.54) is 25.3 Å². The summed E-state index contributed by atoms with van der Waals surface area (Å²) in [6, 6.07) is 6.19. The fourth-order valence-corrected chi connectivity index (χ4v) is 2.91. The third kappa shape index (κ3) is 2.90. The summed E-state index contributed by atoms with van der Waals surface area (Å²) in [5.41, 5.74) is 0.610. The molecule has 0 radical (unpaired) electrons. The smallest absolute Gasteiger partial charge is 0.295 e. The Hall–Kier alpha value is -3.03. The Bertz CT molecular complexity index is 836. The molecule has 1 fully saturated rings. The van der Waals surface area contributed by atoms with Crippen molar-refractivity contribution in [3.05, 3.63) is 40.6 Å². The number of amides is 2. The fourth-order valence-electron chi connectivity index (χ4n) is 2.91. The molecule has 0 bridgehead atoms. The van der Waals surface area contributed by atoms with Gasteiger partial charge in [0.05, 0.1) is 16.5 Å². The van der Waals surface area contributed by atoms with E-state index in [1.807, 2.05) is 0 Å². The molecule has 8 nitrogen and oxygen atoms in total. The minimum Gasteiger partial charge on any atom is -0.342 e. The van der Waals surface area contributed by atoms with Gasteiger partial charge in [0.15, 0.2) is 0 Å². The van der Waals surface area contributed by atoms with Gasteiger partial charge < -0.3 is 10.2 Å². The number of carbonyl (C=O) groups excluding carboxylic acids is 2. The number of carbonyl (C=O) groups is 2. The molecule has 1 aliphatic rings. The summed E-state index contributed by atoms with van der Waals surface area (Å²) in [7, 11) is 0. The van der Waals surface area contributed by atoms with Gasteiger partial charge in [-0.05, 0) is 24.6 Å². The van der Waals surface area contributed by atoms with E-state index in [2.05, 4.69) is 10.3 Å². The van der Waals surface area contributed by atoms with Gasteiger partial charge >= 0.3 is 0 Å². The van der Waals surface area contributed by atoms with Crippen molar-refractivity contribution in [1.29, 1.82) is 0 Å². The molecular formula is C16H16N4O4. The Morgan fingerprint density at radius 3 is 2.83 bits per heavy atom. The van der Waals surface area contributed by atoms with Crippen molar-refractivity contribution < 1.29 is 14.5 Å². The van der Waals surface area contributed by atoms with Gasteiger partial charge in [-0.2, -0.15) is 0 Å². The van der Waals surface area contributed by atoms with Crippen LogP contribution in [0.5, 0.6) is 0 Å². The third-order valence-corrected chi connectivity index (χ3v) is 4.21. The van der Waals surface area contributed by atoms with E-state index in [0.29, 0.717) is 30.6 Å². The molecule has 24 heavy (non-hydrogen) atoms. The van der Waals surface area contributed by atoms with Crippen molar-refractivity contribution in [2.24, 2.45) is 5.92 Å².